The number of aliphatic hydroxyl groups excluding tert-OH is 1. The summed E-state index contributed by atoms with van der Waals surface area (Å²) in [6.45, 7) is 7.30. The Labute approximate surface area is 177 Å². The second-order valence-corrected chi connectivity index (χ2v) is 8.46. The van der Waals surface area contributed by atoms with Gasteiger partial charge in [-0.1, -0.05) is 47.5 Å². The number of likely N-dealkylation sites (tertiary alicyclic amines) is 1. The molecular formula is C25H28N2O3. The fourth-order valence-electron chi connectivity index (χ4n) is 4.48. The molecule has 2 aliphatic rings. The Morgan fingerprint density at radius 3 is 2.33 bits per heavy atom. The first-order chi connectivity index (χ1) is 14.4. The average Bonchev–Trinajstić information content (AvgIpc) is 2.99. The van der Waals surface area contributed by atoms with Crippen molar-refractivity contribution in [1.82, 2.24) is 4.90 Å². The molecule has 2 aromatic rings. The first-order valence-electron chi connectivity index (χ1n) is 10.5. The number of hydrogen-bond donors (Lipinski definition) is 1. The summed E-state index contributed by atoms with van der Waals surface area (Å²) in [5, 5.41) is 9.67. The van der Waals surface area contributed by atoms with Gasteiger partial charge in [-0.2, -0.15) is 0 Å². The molecule has 156 valence electrons. The van der Waals surface area contributed by atoms with E-state index in [9.17, 15) is 14.7 Å². The van der Waals surface area contributed by atoms with Crippen molar-refractivity contribution in [3.63, 3.8) is 0 Å². The minimum absolute atomic E-state index is 0.0898. The van der Waals surface area contributed by atoms with Gasteiger partial charge in [-0.05, 0) is 56.7 Å². The highest BCUT2D eigenvalue weighted by molar-refractivity contribution is 6.45. The largest absolute Gasteiger partial charge is 0.396 e. The maximum atomic E-state index is 13.6. The molecule has 1 N–H and O–H groups in total. The van der Waals surface area contributed by atoms with Gasteiger partial charge in [0.05, 0.1) is 11.3 Å². The maximum Gasteiger partial charge on any atom is 0.282 e. The van der Waals surface area contributed by atoms with Crippen LogP contribution in [0.15, 0.2) is 48.2 Å². The van der Waals surface area contributed by atoms with Crippen molar-refractivity contribution >= 4 is 23.1 Å². The lowest BCUT2D eigenvalue weighted by atomic mass is 9.96. The highest BCUT2D eigenvalue weighted by Gasteiger charge is 2.43. The van der Waals surface area contributed by atoms with Crippen LogP contribution in [0.5, 0.6) is 0 Å². The van der Waals surface area contributed by atoms with Gasteiger partial charge >= 0.3 is 0 Å². The van der Waals surface area contributed by atoms with Crippen molar-refractivity contribution in [1.29, 1.82) is 0 Å². The van der Waals surface area contributed by atoms with Gasteiger partial charge in [-0.25, -0.2) is 4.90 Å². The van der Waals surface area contributed by atoms with Crippen molar-refractivity contribution < 1.29 is 14.7 Å². The Hall–Kier alpha value is -2.92. The molecule has 5 nitrogen and oxygen atoms in total. The number of carbonyl (C=O) groups is 2. The monoisotopic (exact) mass is 404 g/mol. The van der Waals surface area contributed by atoms with E-state index in [1.807, 2.05) is 68.1 Å². The lowest BCUT2D eigenvalue weighted by molar-refractivity contribution is -0.120. The molecule has 1 saturated heterocycles. The molecule has 1 fully saturated rings. The van der Waals surface area contributed by atoms with Crippen LogP contribution in [-0.2, 0) is 9.59 Å². The molecule has 0 bridgehead atoms. The minimum Gasteiger partial charge on any atom is -0.396 e. The van der Waals surface area contributed by atoms with Crippen LogP contribution in [0.3, 0.4) is 0 Å². The van der Waals surface area contributed by atoms with Gasteiger partial charge in [0.1, 0.15) is 5.70 Å². The highest BCUT2D eigenvalue weighted by atomic mass is 16.3. The summed E-state index contributed by atoms with van der Waals surface area (Å²) >= 11 is 0. The molecule has 1 unspecified atom stereocenters. The topological polar surface area (TPSA) is 60.9 Å². The van der Waals surface area contributed by atoms with Crippen LogP contribution < -0.4 is 4.90 Å². The number of hydrogen-bond acceptors (Lipinski definition) is 4. The zero-order chi connectivity index (χ0) is 21.4. The predicted octanol–water partition coefficient (Wildman–Crippen LogP) is 3.60. The van der Waals surface area contributed by atoms with Crippen LogP contribution in [0.1, 0.15) is 35.1 Å². The SMILES string of the molecule is Cc1ccc(C2=C(N3CCCC(CO)C3)C(=O)N(c3ccc(C)cc3C)C2=O)cc1. The molecule has 2 amide bonds. The number of anilines is 1. The Morgan fingerprint density at radius 2 is 1.67 bits per heavy atom. The number of amides is 2. The van der Waals surface area contributed by atoms with Crippen molar-refractivity contribution in [2.24, 2.45) is 5.92 Å². The van der Waals surface area contributed by atoms with E-state index in [0.717, 1.165) is 35.1 Å². The standard InChI is InChI=1S/C25H28N2O3/c1-16-6-9-20(10-7-16)22-23(26-12-4-5-19(14-26)15-28)25(30)27(24(22)29)21-11-8-17(2)13-18(21)3/h6-11,13,19,28H,4-5,12,14-15H2,1-3H3. The van der Waals surface area contributed by atoms with Gasteiger partial charge in [-0.3, -0.25) is 9.59 Å². The van der Waals surface area contributed by atoms with E-state index in [1.54, 1.807) is 0 Å². The van der Waals surface area contributed by atoms with E-state index in [1.165, 1.54) is 4.90 Å². The number of imide groups is 1. The van der Waals surface area contributed by atoms with E-state index in [2.05, 4.69) is 0 Å². The molecular weight excluding hydrogens is 376 g/mol. The van der Waals surface area contributed by atoms with Crippen LogP contribution in [0.25, 0.3) is 5.57 Å². The third-order valence-electron chi connectivity index (χ3n) is 6.09. The molecule has 2 heterocycles. The van der Waals surface area contributed by atoms with Crippen molar-refractivity contribution in [2.45, 2.75) is 33.6 Å². The maximum absolute atomic E-state index is 13.6. The molecule has 0 radical (unpaired) electrons. The quantitative estimate of drug-likeness (QED) is 0.791. The van der Waals surface area contributed by atoms with Crippen molar-refractivity contribution in [3.05, 3.63) is 70.4 Å². The van der Waals surface area contributed by atoms with E-state index in [0.29, 0.717) is 30.0 Å². The van der Waals surface area contributed by atoms with E-state index < -0.39 is 0 Å². The predicted molar refractivity (Wildman–Crippen MR) is 118 cm³/mol. The van der Waals surface area contributed by atoms with Crippen molar-refractivity contribution in [2.75, 3.05) is 24.6 Å². The Balaban J connectivity index is 1.83. The molecule has 5 heteroatoms. The van der Waals surface area contributed by atoms with Crippen LogP contribution in [0.4, 0.5) is 5.69 Å². The number of nitrogens with zero attached hydrogens (tertiary/aromatic N) is 2. The molecule has 1 atom stereocenters. The Kier molecular flexibility index (Phi) is 5.48. The molecule has 0 spiro atoms. The van der Waals surface area contributed by atoms with E-state index in [4.69, 9.17) is 0 Å². The van der Waals surface area contributed by atoms with Crippen LogP contribution >= 0.6 is 0 Å². The van der Waals surface area contributed by atoms with E-state index >= 15 is 0 Å². The number of piperidine rings is 1. The molecule has 2 aliphatic heterocycles. The number of aliphatic hydroxyl groups is 1. The summed E-state index contributed by atoms with van der Waals surface area (Å²) in [4.78, 5) is 30.6. The lowest BCUT2D eigenvalue weighted by Gasteiger charge is -2.34. The third-order valence-corrected chi connectivity index (χ3v) is 6.09. The zero-order valence-electron chi connectivity index (χ0n) is 17.8. The third kappa shape index (κ3) is 3.54. The van der Waals surface area contributed by atoms with Crippen LogP contribution in [0.2, 0.25) is 0 Å². The van der Waals surface area contributed by atoms with Gasteiger partial charge in [0.25, 0.3) is 11.8 Å². The normalized spacial score (nSPS) is 19.8. The highest BCUT2D eigenvalue weighted by Crippen LogP contribution is 2.37. The molecule has 0 aliphatic carbocycles. The first kappa shape index (κ1) is 20.4. The Bertz CT molecular complexity index is 1020. The molecule has 0 aromatic heterocycles. The molecule has 0 saturated carbocycles. The van der Waals surface area contributed by atoms with Crippen LogP contribution in [-0.4, -0.2) is 41.5 Å². The molecule has 2 aromatic carbocycles. The molecule has 30 heavy (non-hydrogen) atoms. The summed E-state index contributed by atoms with van der Waals surface area (Å²) in [5.41, 5.74) is 5.39. The van der Waals surface area contributed by atoms with Gasteiger partial charge in [0.2, 0.25) is 0 Å². The number of benzene rings is 2. The van der Waals surface area contributed by atoms with Gasteiger partial charge < -0.3 is 10.0 Å². The van der Waals surface area contributed by atoms with Crippen LogP contribution in [0, 0.1) is 26.7 Å². The number of aryl methyl sites for hydroxylation is 3. The number of carbonyl (C=O) groups excluding carboxylic acids is 2. The smallest absolute Gasteiger partial charge is 0.282 e. The van der Waals surface area contributed by atoms with E-state index in [-0.39, 0.29) is 24.3 Å². The average molecular weight is 405 g/mol. The first-order valence-corrected chi connectivity index (χ1v) is 10.5. The Morgan fingerprint density at radius 1 is 0.967 bits per heavy atom. The summed E-state index contributed by atoms with van der Waals surface area (Å²) in [6.07, 6.45) is 1.82. The second-order valence-electron chi connectivity index (χ2n) is 8.46. The summed E-state index contributed by atoms with van der Waals surface area (Å²) < 4.78 is 0. The minimum atomic E-state index is -0.281. The number of rotatable bonds is 4. The van der Waals surface area contributed by atoms with Crippen molar-refractivity contribution in [3.8, 4) is 0 Å². The fraction of sp³-hybridized carbons (Fsp3) is 0.360. The summed E-state index contributed by atoms with van der Waals surface area (Å²) in [5.74, 6) is -0.443. The zero-order valence-corrected chi connectivity index (χ0v) is 17.8. The van der Waals surface area contributed by atoms with Gasteiger partial charge in [-0.15, -0.1) is 0 Å². The summed E-state index contributed by atoms with van der Waals surface area (Å²) in [6, 6.07) is 13.5. The molecule has 4 rings (SSSR count). The second kappa shape index (κ2) is 8.07. The van der Waals surface area contributed by atoms with Gasteiger partial charge in [0.15, 0.2) is 0 Å². The fourth-order valence-corrected chi connectivity index (χ4v) is 4.48. The van der Waals surface area contributed by atoms with Gasteiger partial charge in [0, 0.05) is 19.7 Å². The summed E-state index contributed by atoms with van der Waals surface area (Å²) in [7, 11) is 0. The lowest BCUT2D eigenvalue weighted by Crippen LogP contribution is -2.40.